The maximum Gasteiger partial charge on any atom is 0.272 e. The summed E-state index contributed by atoms with van der Waals surface area (Å²) in [6, 6.07) is 11.7. The Balaban J connectivity index is 1.56. The van der Waals surface area contributed by atoms with E-state index in [1.807, 2.05) is 37.3 Å². The highest BCUT2D eigenvalue weighted by atomic mass is 16.1. The lowest BCUT2D eigenvalue weighted by Crippen LogP contribution is -2.44. The number of anilines is 1. The normalized spacial score (nSPS) is 15.3. The number of carbonyl (C=O) groups excluding carboxylic acids is 1. The summed E-state index contributed by atoms with van der Waals surface area (Å²) in [4.78, 5) is 16.7. The maximum atomic E-state index is 12.2. The van der Waals surface area contributed by atoms with Crippen LogP contribution in [0, 0.1) is 6.92 Å². The molecule has 1 aromatic carbocycles. The van der Waals surface area contributed by atoms with Gasteiger partial charge in [-0.2, -0.15) is 0 Å². The Morgan fingerprint density at radius 2 is 1.75 bits per heavy atom. The van der Waals surface area contributed by atoms with Crippen molar-refractivity contribution in [3.63, 3.8) is 0 Å². The number of nitrogens with one attached hydrogen (secondary N) is 1. The van der Waals surface area contributed by atoms with Crippen LogP contribution in [0.15, 0.2) is 36.4 Å². The maximum absolute atomic E-state index is 12.2. The molecular weight excluding hydrogens is 302 g/mol. The Kier molecular flexibility index (Phi) is 5.05. The molecule has 2 heterocycles. The molecule has 6 nitrogen and oxygen atoms in total. The second kappa shape index (κ2) is 7.40. The number of nitrogens with zero attached hydrogens (tertiary/aromatic N) is 4. The molecule has 1 saturated heterocycles. The van der Waals surface area contributed by atoms with Crippen molar-refractivity contribution in [3.8, 4) is 0 Å². The zero-order chi connectivity index (χ0) is 16.9. The predicted molar refractivity (Wildman–Crippen MR) is 94.1 cm³/mol. The molecule has 1 N–H and O–H groups in total. The molecular formula is C18H23N5O. The first-order valence-electron chi connectivity index (χ1n) is 8.23. The second-order valence-electron chi connectivity index (χ2n) is 6.24. The fourth-order valence-corrected chi connectivity index (χ4v) is 2.63. The highest BCUT2D eigenvalue weighted by Crippen LogP contribution is 2.12. The minimum Gasteiger partial charge on any atom is -0.353 e. The van der Waals surface area contributed by atoms with E-state index in [9.17, 15) is 4.79 Å². The van der Waals surface area contributed by atoms with E-state index in [0.717, 1.165) is 37.6 Å². The molecule has 0 bridgehead atoms. The van der Waals surface area contributed by atoms with Gasteiger partial charge in [0.25, 0.3) is 5.91 Å². The highest BCUT2D eigenvalue weighted by Gasteiger charge is 2.16. The van der Waals surface area contributed by atoms with Gasteiger partial charge in [0, 0.05) is 32.7 Å². The molecule has 1 aliphatic heterocycles. The molecule has 1 amide bonds. The van der Waals surface area contributed by atoms with Crippen molar-refractivity contribution < 1.29 is 4.79 Å². The van der Waals surface area contributed by atoms with Crippen molar-refractivity contribution in [1.82, 2.24) is 20.4 Å². The van der Waals surface area contributed by atoms with Crippen molar-refractivity contribution in [3.05, 3.63) is 53.2 Å². The van der Waals surface area contributed by atoms with Gasteiger partial charge < -0.3 is 15.1 Å². The quantitative estimate of drug-likeness (QED) is 0.922. The molecule has 6 heteroatoms. The summed E-state index contributed by atoms with van der Waals surface area (Å²) in [7, 11) is 2.12. The van der Waals surface area contributed by atoms with Crippen LogP contribution >= 0.6 is 0 Å². The average molecular weight is 325 g/mol. The van der Waals surface area contributed by atoms with Gasteiger partial charge in [-0.05, 0) is 31.7 Å². The molecule has 0 unspecified atom stereocenters. The van der Waals surface area contributed by atoms with Gasteiger partial charge in [0.05, 0.1) is 0 Å². The van der Waals surface area contributed by atoms with E-state index < -0.39 is 0 Å². The zero-order valence-electron chi connectivity index (χ0n) is 14.2. The number of likely N-dealkylation sites (N-methyl/N-ethyl adjacent to an activating group) is 1. The first-order valence-corrected chi connectivity index (χ1v) is 8.23. The molecule has 2 aromatic rings. The predicted octanol–water partition coefficient (Wildman–Crippen LogP) is 1.47. The van der Waals surface area contributed by atoms with Crippen LogP contribution in [0.25, 0.3) is 0 Å². The van der Waals surface area contributed by atoms with Gasteiger partial charge in [0.1, 0.15) is 0 Å². The van der Waals surface area contributed by atoms with Gasteiger partial charge in [-0.1, -0.05) is 29.8 Å². The van der Waals surface area contributed by atoms with E-state index in [-0.39, 0.29) is 5.91 Å². The molecule has 0 spiro atoms. The minimum absolute atomic E-state index is 0.201. The van der Waals surface area contributed by atoms with Crippen LogP contribution in [0.5, 0.6) is 0 Å². The molecule has 0 atom stereocenters. The average Bonchev–Trinajstić information content (AvgIpc) is 2.62. The number of rotatable bonds is 4. The van der Waals surface area contributed by atoms with Gasteiger partial charge in [0.15, 0.2) is 11.5 Å². The summed E-state index contributed by atoms with van der Waals surface area (Å²) in [5.74, 6) is 0.631. The summed E-state index contributed by atoms with van der Waals surface area (Å²) < 4.78 is 0. The lowest BCUT2D eigenvalue weighted by Gasteiger charge is -2.32. The first kappa shape index (κ1) is 16.4. The van der Waals surface area contributed by atoms with Gasteiger partial charge in [0.2, 0.25) is 0 Å². The highest BCUT2D eigenvalue weighted by molar-refractivity contribution is 5.92. The number of aromatic nitrogens is 2. The molecule has 0 radical (unpaired) electrons. The van der Waals surface area contributed by atoms with E-state index in [0.29, 0.717) is 12.2 Å². The van der Waals surface area contributed by atoms with Gasteiger partial charge in [-0.25, -0.2) is 0 Å². The summed E-state index contributed by atoms with van der Waals surface area (Å²) in [6.45, 7) is 6.43. The number of carbonyl (C=O) groups is 1. The summed E-state index contributed by atoms with van der Waals surface area (Å²) in [5, 5.41) is 11.2. The fourth-order valence-electron chi connectivity index (χ4n) is 2.63. The van der Waals surface area contributed by atoms with Gasteiger partial charge in [-0.15, -0.1) is 10.2 Å². The van der Waals surface area contributed by atoms with E-state index in [4.69, 9.17) is 0 Å². The molecule has 1 fully saturated rings. The Morgan fingerprint density at radius 1 is 1.04 bits per heavy atom. The van der Waals surface area contributed by atoms with Crippen LogP contribution in [-0.2, 0) is 6.54 Å². The molecule has 3 rings (SSSR count). The number of hydrogen-bond acceptors (Lipinski definition) is 5. The summed E-state index contributed by atoms with van der Waals surface area (Å²) in [6.07, 6.45) is 0. The number of aryl methyl sites for hydroxylation is 1. The second-order valence-corrected chi connectivity index (χ2v) is 6.24. The molecule has 126 valence electrons. The van der Waals surface area contributed by atoms with E-state index in [1.165, 1.54) is 5.56 Å². The largest absolute Gasteiger partial charge is 0.353 e. The standard InChI is InChI=1S/C18H23N5O/c1-14-3-5-15(6-4-14)13-19-18(24)16-7-8-17(21-20-16)23-11-9-22(2)10-12-23/h3-8H,9-13H2,1-2H3,(H,19,24). The topological polar surface area (TPSA) is 61.4 Å². The number of amides is 1. The van der Waals surface area contributed by atoms with Crippen molar-refractivity contribution in [2.24, 2.45) is 0 Å². The van der Waals surface area contributed by atoms with E-state index in [1.54, 1.807) is 6.07 Å². The van der Waals surface area contributed by atoms with Crippen LogP contribution in [0.2, 0.25) is 0 Å². The van der Waals surface area contributed by atoms with Crippen molar-refractivity contribution in [1.29, 1.82) is 0 Å². The molecule has 1 aromatic heterocycles. The van der Waals surface area contributed by atoms with Gasteiger partial charge >= 0.3 is 0 Å². The fraction of sp³-hybridized carbons (Fsp3) is 0.389. The van der Waals surface area contributed by atoms with E-state index in [2.05, 4.69) is 32.4 Å². The van der Waals surface area contributed by atoms with Crippen LogP contribution in [0.4, 0.5) is 5.82 Å². The third-order valence-corrected chi connectivity index (χ3v) is 4.28. The van der Waals surface area contributed by atoms with E-state index >= 15 is 0 Å². The summed E-state index contributed by atoms with van der Waals surface area (Å²) >= 11 is 0. The number of piperazine rings is 1. The van der Waals surface area contributed by atoms with Crippen LogP contribution in [0.3, 0.4) is 0 Å². The van der Waals surface area contributed by atoms with Crippen LogP contribution in [0.1, 0.15) is 21.6 Å². The van der Waals surface area contributed by atoms with Crippen molar-refractivity contribution >= 4 is 11.7 Å². The van der Waals surface area contributed by atoms with Crippen LogP contribution in [-0.4, -0.2) is 54.2 Å². The molecule has 0 saturated carbocycles. The minimum atomic E-state index is -0.201. The number of hydrogen-bond donors (Lipinski definition) is 1. The third kappa shape index (κ3) is 4.08. The van der Waals surface area contributed by atoms with Crippen molar-refractivity contribution in [2.75, 3.05) is 38.1 Å². The van der Waals surface area contributed by atoms with Crippen LogP contribution < -0.4 is 10.2 Å². The Morgan fingerprint density at radius 3 is 2.38 bits per heavy atom. The smallest absolute Gasteiger partial charge is 0.272 e. The van der Waals surface area contributed by atoms with Crippen molar-refractivity contribution in [2.45, 2.75) is 13.5 Å². The lowest BCUT2D eigenvalue weighted by molar-refractivity contribution is 0.0945. The lowest BCUT2D eigenvalue weighted by atomic mass is 10.1. The third-order valence-electron chi connectivity index (χ3n) is 4.28. The molecule has 1 aliphatic rings. The molecule has 0 aliphatic carbocycles. The Hall–Kier alpha value is -2.47. The Labute approximate surface area is 142 Å². The SMILES string of the molecule is Cc1ccc(CNC(=O)c2ccc(N3CCN(C)CC3)nn2)cc1. The van der Waals surface area contributed by atoms with Gasteiger partial charge in [-0.3, -0.25) is 4.79 Å². The first-order chi connectivity index (χ1) is 11.6. The molecule has 24 heavy (non-hydrogen) atoms. The number of benzene rings is 1. The monoisotopic (exact) mass is 325 g/mol. The Bertz CT molecular complexity index is 676. The summed E-state index contributed by atoms with van der Waals surface area (Å²) in [5.41, 5.74) is 2.62. The zero-order valence-corrected chi connectivity index (χ0v) is 14.2.